The first kappa shape index (κ1) is 19.0. The fourth-order valence-corrected chi connectivity index (χ4v) is 2.58. The summed E-state index contributed by atoms with van der Waals surface area (Å²) in [7, 11) is 0. The minimum atomic E-state index is -0.797. The molecule has 0 aromatic heterocycles. The van der Waals surface area contributed by atoms with E-state index < -0.39 is 24.3 Å². The summed E-state index contributed by atoms with van der Waals surface area (Å²) in [6.45, 7) is -0.566. The first-order valence-corrected chi connectivity index (χ1v) is 8.46. The van der Waals surface area contributed by atoms with Crippen LogP contribution in [0.25, 0.3) is 0 Å². The Balaban J connectivity index is 1.68. The zero-order chi connectivity index (χ0) is 19.9. The average Bonchev–Trinajstić information content (AvgIpc) is 2.72. The summed E-state index contributed by atoms with van der Waals surface area (Å²) < 4.78 is 18.2. The normalized spacial score (nSPS) is 10.2. The summed E-state index contributed by atoms with van der Waals surface area (Å²) in [6, 6.07) is 20.1. The molecular formula is C22H16FNO4. The third kappa shape index (κ3) is 4.67. The predicted octanol–water partition coefficient (Wildman–Crippen LogP) is 3.85. The molecule has 0 saturated heterocycles. The van der Waals surface area contributed by atoms with Crippen molar-refractivity contribution in [3.05, 3.63) is 101 Å². The van der Waals surface area contributed by atoms with Crippen molar-refractivity contribution in [2.75, 3.05) is 11.9 Å². The van der Waals surface area contributed by atoms with E-state index in [-0.39, 0.29) is 22.6 Å². The van der Waals surface area contributed by atoms with Gasteiger partial charge in [0.1, 0.15) is 5.82 Å². The van der Waals surface area contributed by atoms with Crippen LogP contribution in [0.2, 0.25) is 0 Å². The van der Waals surface area contributed by atoms with Gasteiger partial charge < -0.3 is 10.1 Å². The number of ether oxygens (including phenoxy) is 1. The smallest absolute Gasteiger partial charge is 0.339 e. The van der Waals surface area contributed by atoms with Crippen molar-refractivity contribution < 1.29 is 23.5 Å². The van der Waals surface area contributed by atoms with Crippen molar-refractivity contribution in [2.45, 2.75) is 0 Å². The number of amides is 1. The molecule has 140 valence electrons. The second kappa shape index (κ2) is 8.73. The van der Waals surface area contributed by atoms with Gasteiger partial charge in [-0.25, -0.2) is 9.18 Å². The molecule has 0 atom stereocenters. The lowest BCUT2D eigenvalue weighted by Crippen LogP contribution is -2.22. The fraction of sp³-hybridized carbons (Fsp3) is 0.0455. The highest BCUT2D eigenvalue weighted by atomic mass is 19.1. The SMILES string of the molecule is O=C(COC(=O)c1ccccc1C(=O)c1ccccc1)Nc1cccc(F)c1. The Morgan fingerprint density at radius 2 is 1.50 bits per heavy atom. The van der Waals surface area contributed by atoms with Crippen LogP contribution in [0.5, 0.6) is 0 Å². The molecular weight excluding hydrogens is 361 g/mol. The molecule has 0 heterocycles. The summed E-state index contributed by atoms with van der Waals surface area (Å²) in [5, 5.41) is 2.43. The quantitative estimate of drug-likeness (QED) is 0.523. The van der Waals surface area contributed by atoms with Crippen molar-refractivity contribution in [1.29, 1.82) is 0 Å². The second-order valence-corrected chi connectivity index (χ2v) is 5.88. The van der Waals surface area contributed by atoms with Crippen LogP contribution in [-0.4, -0.2) is 24.3 Å². The first-order chi connectivity index (χ1) is 13.5. The molecule has 0 aliphatic heterocycles. The highest BCUT2D eigenvalue weighted by molar-refractivity contribution is 6.14. The lowest BCUT2D eigenvalue weighted by Gasteiger charge is -2.10. The summed E-state index contributed by atoms with van der Waals surface area (Å²) in [6.07, 6.45) is 0. The third-order valence-electron chi connectivity index (χ3n) is 3.87. The van der Waals surface area contributed by atoms with Gasteiger partial charge in [0, 0.05) is 16.8 Å². The maximum Gasteiger partial charge on any atom is 0.339 e. The lowest BCUT2D eigenvalue weighted by atomic mass is 9.98. The second-order valence-electron chi connectivity index (χ2n) is 5.88. The molecule has 0 saturated carbocycles. The van der Waals surface area contributed by atoms with Gasteiger partial charge in [0.15, 0.2) is 12.4 Å². The number of carbonyl (C=O) groups excluding carboxylic acids is 3. The van der Waals surface area contributed by atoms with E-state index in [9.17, 15) is 18.8 Å². The van der Waals surface area contributed by atoms with E-state index in [0.717, 1.165) is 6.07 Å². The molecule has 1 N–H and O–H groups in total. The molecule has 0 aliphatic carbocycles. The van der Waals surface area contributed by atoms with Gasteiger partial charge in [-0.1, -0.05) is 54.6 Å². The largest absolute Gasteiger partial charge is 0.452 e. The van der Waals surface area contributed by atoms with Gasteiger partial charge in [-0.3, -0.25) is 9.59 Å². The summed E-state index contributed by atoms with van der Waals surface area (Å²) in [4.78, 5) is 37.0. The standard InChI is InChI=1S/C22H16FNO4/c23-16-9-6-10-17(13-16)24-20(25)14-28-22(27)19-12-5-4-11-18(19)21(26)15-7-2-1-3-8-15/h1-13H,14H2,(H,24,25). The van der Waals surface area contributed by atoms with Gasteiger partial charge in [-0.15, -0.1) is 0 Å². The molecule has 0 unspecified atom stereocenters. The van der Waals surface area contributed by atoms with E-state index in [4.69, 9.17) is 4.74 Å². The van der Waals surface area contributed by atoms with Gasteiger partial charge in [0.2, 0.25) is 0 Å². The Kier molecular flexibility index (Phi) is 5.91. The zero-order valence-corrected chi connectivity index (χ0v) is 14.7. The Morgan fingerprint density at radius 1 is 0.821 bits per heavy atom. The zero-order valence-electron chi connectivity index (χ0n) is 14.7. The Bertz CT molecular complexity index is 1020. The summed E-state index contributed by atoms with van der Waals surface area (Å²) in [5.74, 6) is -2.24. The molecule has 1 amide bonds. The van der Waals surface area contributed by atoms with Crippen LogP contribution < -0.4 is 5.32 Å². The molecule has 3 aromatic rings. The van der Waals surface area contributed by atoms with E-state index in [0.29, 0.717) is 5.56 Å². The number of esters is 1. The number of nitrogens with one attached hydrogen (secondary N) is 1. The molecule has 3 aromatic carbocycles. The third-order valence-corrected chi connectivity index (χ3v) is 3.87. The van der Waals surface area contributed by atoms with Crippen molar-refractivity contribution in [3.63, 3.8) is 0 Å². The number of ketones is 1. The lowest BCUT2D eigenvalue weighted by molar-refractivity contribution is -0.119. The van der Waals surface area contributed by atoms with E-state index >= 15 is 0 Å². The topological polar surface area (TPSA) is 72.5 Å². The number of hydrogen-bond acceptors (Lipinski definition) is 4. The number of hydrogen-bond donors (Lipinski definition) is 1. The first-order valence-electron chi connectivity index (χ1n) is 8.46. The number of halogens is 1. The van der Waals surface area contributed by atoms with Crippen LogP contribution in [0.3, 0.4) is 0 Å². The highest BCUT2D eigenvalue weighted by Gasteiger charge is 2.19. The predicted molar refractivity (Wildman–Crippen MR) is 102 cm³/mol. The molecule has 5 nitrogen and oxygen atoms in total. The monoisotopic (exact) mass is 377 g/mol. The molecule has 3 rings (SSSR count). The number of anilines is 1. The molecule has 0 aliphatic rings. The molecule has 0 fully saturated rings. The van der Waals surface area contributed by atoms with Gasteiger partial charge in [0.25, 0.3) is 5.91 Å². The van der Waals surface area contributed by atoms with E-state index in [2.05, 4.69) is 5.32 Å². The Hall–Kier alpha value is -3.80. The van der Waals surface area contributed by atoms with Gasteiger partial charge in [-0.2, -0.15) is 0 Å². The van der Waals surface area contributed by atoms with Crippen LogP contribution in [-0.2, 0) is 9.53 Å². The minimum absolute atomic E-state index is 0.0647. The fourth-order valence-electron chi connectivity index (χ4n) is 2.58. The molecule has 0 bridgehead atoms. The average molecular weight is 377 g/mol. The Labute approximate surface area is 160 Å². The molecule has 0 spiro atoms. The van der Waals surface area contributed by atoms with Crippen LogP contribution in [0.15, 0.2) is 78.9 Å². The highest BCUT2D eigenvalue weighted by Crippen LogP contribution is 2.16. The van der Waals surface area contributed by atoms with Crippen LogP contribution in [0.4, 0.5) is 10.1 Å². The van der Waals surface area contributed by atoms with Crippen molar-refractivity contribution in [3.8, 4) is 0 Å². The van der Waals surface area contributed by atoms with Gasteiger partial charge in [-0.05, 0) is 24.3 Å². The van der Waals surface area contributed by atoms with Gasteiger partial charge >= 0.3 is 5.97 Å². The van der Waals surface area contributed by atoms with Gasteiger partial charge in [0.05, 0.1) is 5.56 Å². The molecule has 0 radical (unpaired) electrons. The number of carbonyl (C=O) groups is 3. The maximum absolute atomic E-state index is 13.1. The molecule has 6 heteroatoms. The van der Waals surface area contributed by atoms with E-state index in [1.54, 1.807) is 42.5 Å². The molecule has 28 heavy (non-hydrogen) atoms. The summed E-state index contributed by atoms with van der Waals surface area (Å²) >= 11 is 0. The van der Waals surface area contributed by atoms with Crippen molar-refractivity contribution in [2.24, 2.45) is 0 Å². The summed E-state index contributed by atoms with van der Waals surface area (Å²) in [5.41, 5.74) is 0.937. The van der Waals surface area contributed by atoms with Crippen molar-refractivity contribution >= 4 is 23.3 Å². The van der Waals surface area contributed by atoms with E-state index in [1.807, 2.05) is 0 Å². The van der Waals surface area contributed by atoms with Crippen LogP contribution in [0, 0.1) is 5.82 Å². The van der Waals surface area contributed by atoms with Crippen LogP contribution >= 0.6 is 0 Å². The maximum atomic E-state index is 13.1. The van der Waals surface area contributed by atoms with Crippen LogP contribution in [0.1, 0.15) is 26.3 Å². The van der Waals surface area contributed by atoms with Crippen molar-refractivity contribution in [1.82, 2.24) is 0 Å². The minimum Gasteiger partial charge on any atom is -0.452 e. The number of rotatable bonds is 6. The van der Waals surface area contributed by atoms with E-state index in [1.165, 1.54) is 30.3 Å². The number of benzene rings is 3. The Morgan fingerprint density at radius 3 is 2.21 bits per heavy atom.